The summed E-state index contributed by atoms with van der Waals surface area (Å²) in [4.78, 5) is 0. The van der Waals surface area contributed by atoms with Crippen molar-refractivity contribution in [1.29, 1.82) is 0 Å². The molecule has 17 heavy (non-hydrogen) atoms. The van der Waals surface area contributed by atoms with Crippen molar-refractivity contribution in [2.24, 2.45) is 0 Å². The highest BCUT2D eigenvalue weighted by molar-refractivity contribution is 8.00. The zero-order chi connectivity index (χ0) is 12.5. The zero-order valence-electron chi connectivity index (χ0n) is 9.75. The van der Waals surface area contributed by atoms with Gasteiger partial charge in [0, 0.05) is 16.7 Å². The Kier molecular flexibility index (Phi) is 4.01. The number of benzene rings is 1. The van der Waals surface area contributed by atoms with Gasteiger partial charge in [0.05, 0.1) is 5.60 Å². The normalized spacial score (nSPS) is 29.3. The van der Waals surface area contributed by atoms with Gasteiger partial charge in [-0.25, -0.2) is 4.39 Å². The van der Waals surface area contributed by atoms with Crippen LogP contribution in [0.1, 0.15) is 25.3 Å². The second-order valence-electron chi connectivity index (χ2n) is 4.63. The number of halogens is 2. The molecule has 1 nitrogen and oxygen atoms in total. The molecule has 0 amide bonds. The van der Waals surface area contributed by atoms with Crippen LogP contribution in [0.25, 0.3) is 0 Å². The Bertz CT molecular complexity index is 412. The molecule has 4 heteroatoms. The summed E-state index contributed by atoms with van der Waals surface area (Å²) in [5, 5.41) is 11.2. The van der Waals surface area contributed by atoms with Gasteiger partial charge in [-0.3, -0.25) is 0 Å². The van der Waals surface area contributed by atoms with E-state index in [0.29, 0.717) is 11.4 Å². The maximum atomic E-state index is 12.9. The molecule has 0 spiro atoms. The molecular formula is C13H16ClFOS. The number of rotatable bonds is 2. The largest absolute Gasteiger partial charge is 0.388 e. The van der Waals surface area contributed by atoms with Crippen molar-refractivity contribution in [3.8, 4) is 0 Å². The first-order valence-electron chi connectivity index (χ1n) is 5.79. The lowest BCUT2D eigenvalue weighted by molar-refractivity contribution is 0.0297. The lowest BCUT2D eigenvalue weighted by Crippen LogP contribution is -2.43. The highest BCUT2D eigenvalue weighted by Gasteiger charge is 2.37. The van der Waals surface area contributed by atoms with Gasteiger partial charge in [0.25, 0.3) is 0 Å². The van der Waals surface area contributed by atoms with Gasteiger partial charge in [-0.2, -0.15) is 11.8 Å². The molecule has 1 saturated heterocycles. The first-order chi connectivity index (χ1) is 8.01. The zero-order valence-corrected chi connectivity index (χ0v) is 11.3. The molecule has 0 saturated carbocycles. The number of aliphatic hydroxyl groups is 1. The lowest BCUT2D eigenvalue weighted by atomic mass is 9.87. The van der Waals surface area contributed by atoms with E-state index in [0.717, 1.165) is 24.2 Å². The van der Waals surface area contributed by atoms with E-state index in [1.807, 2.05) is 6.92 Å². The van der Waals surface area contributed by atoms with Crippen molar-refractivity contribution in [2.75, 3.05) is 5.75 Å². The molecule has 2 rings (SSSR count). The van der Waals surface area contributed by atoms with Crippen LogP contribution >= 0.6 is 23.4 Å². The van der Waals surface area contributed by atoms with Crippen LogP contribution < -0.4 is 0 Å². The van der Waals surface area contributed by atoms with E-state index in [-0.39, 0.29) is 11.1 Å². The summed E-state index contributed by atoms with van der Waals surface area (Å²) in [5.74, 6) is 0.762. The Balaban J connectivity index is 2.19. The van der Waals surface area contributed by atoms with Crippen LogP contribution in [0.15, 0.2) is 18.2 Å². The topological polar surface area (TPSA) is 20.2 Å². The SMILES string of the molecule is CC1SCCCC1(O)Cc1ccc(F)cc1Cl. The van der Waals surface area contributed by atoms with Gasteiger partial charge < -0.3 is 5.11 Å². The summed E-state index contributed by atoms with van der Waals surface area (Å²) in [6.45, 7) is 2.04. The van der Waals surface area contributed by atoms with Gasteiger partial charge in [-0.15, -0.1) is 0 Å². The van der Waals surface area contributed by atoms with Gasteiger partial charge in [0.1, 0.15) is 5.82 Å². The van der Waals surface area contributed by atoms with Crippen molar-refractivity contribution in [3.05, 3.63) is 34.6 Å². The van der Waals surface area contributed by atoms with Crippen LogP contribution in [0.3, 0.4) is 0 Å². The van der Waals surface area contributed by atoms with E-state index in [4.69, 9.17) is 11.6 Å². The molecule has 2 atom stereocenters. The molecule has 1 N–H and O–H groups in total. The molecule has 0 aromatic heterocycles. The summed E-state index contributed by atoms with van der Waals surface area (Å²) in [6.07, 6.45) is 2.31. The summed E-state index contributed by atoms with van der Waals surface area (Å²) < 4.78 is 12.9. The molecule has 1 aliphatic heterocycles. The van der Waals surface area contributed by atoms with Crippen LogP contribution in [0.4, 0.5) is 4.39 Å². The first-order valence-corrected chi connectivity index (χ1v) is 7.22. The molecule has 94 valence electrons. The standard InChI is InChI=1S/C13H16ClFOS/c1-9-13(16,5-2-6-17-9)8-10-3-4-11(15)7-12(10)14/h3-4,7,9,16H,2,5-6,8H2,1H3. The van der Waals surface area contributed by atoms with Crippen molar-refractivity contribution in [1.82, 2.24) is 0 Å². The highest BCUT2D eigenvalue weighted by atomic mass is 35.5. The van der Waals surface area contributed by atoms with Crippen LogP contribution in [0, 0.1) is 5.82 Å². The lowest BCUT2D eigenvalue weighted by Gasteiger charge is -2.38. The van der Waals surface area contributed by atoms with E-state index in [1.165, 1.54) is 12.1 Å². The van der Waals surface area contributed by atoms with E-state index < -0.39 is 5.60 Å². The fraction of sp³-hybridized carbons (Fsp3) is 0.538. The van der Waals surface area contributed by atoms with E-state index >= 15 is 0 Å². The Hall–Kier alpha value is -0.250. The summed E-state index contributed by atoms with van der Waals surface area (Å²) in [6, 6.07) is 4.37. The van der Waals surface area contributed by atoms with Crippen molar-refractivity contribution in [2.45, 2.75) is 37.0 Å². The highest BCUT2D eigenvalue weighted by Crippen LogP contribution is 2.37. The maximum absolute atomic E-state index is 12.9. The summed E-state index contributed by atoms with van der Waals surface area (Å²) >= 11 is 7.79. The Morgan fingerprint density at radius 3 is 3.00 bits per heavy atom. The summed E-state index contributed by atoms with van der Waals surface area (Å²) in [7, 11) is 0. The van der Waals surface area contributed by atoms with Gasteiger partial charge in [-0.1, -0.05) is 24.6 Å². The third-order valence-electron chi connectivity index (χ3n) is 3.39. The van der Waals surface area contributed by atoms with Crippen LogP contribution in [0.5, 0.6) is 0 Å². The molecule has 1 heterocycles. The Morgan fingerprint density at radius 1 is 1.59 bits per heavy atom. The van der Waals surface area contributed by atoms with E-state index in [1.54, 1.807) is 17.8 Å². The van der Waals surface area contributed by atoms with Gasteiger partial charge in [0.2, 0.25) is 0 Å². The predicted octanol–water partition coefficient (Wildman–Crippen LogP) is 3.67. The van der Waals surface area contributed by atoms with Crippen molar-refractivity contribution in [3.63, 3.8) is 0 Å². The molecule has 2 unspecified atom stereocenters. The fourth-order valence-electron chi connectivity index (χ4n) is 2.22. The maximum Gasteiger partial charge on any atom is 0.124 e. The number of hydrogen-bond donors (Lipinski definition) is 1. The Labute approximate surface area is 110 Å². The predicted molar refractivity (Wildman–Crippen MR) is 71.2 cm³/mol. The van der Waals surface area contributed by atoms with Crippen LogP contribution in [-0.2, 0) is 6.42 Å². The fourth-order valence-corrected chi connectivity index (χ4v) is 3.63. The minimum Gasteiger partial charge on any atom is -0.388 e. The van der Waals surface area contributed by atoms with Gasteiger partial charge in [0.15, 0.2) is 0 Å². The average Bonchev–Trinajstić information content (AvgIpc) is 2.27. The Morgan fingerprint density at radius 2 is 2.35 bits per heavy atom. The molecule has 1 fully saturated rings. The monoisotopic (exact) mass is 274 g/mol. The first kappa shape index (κ1) is 13.2. The second-order valence-corrected chi connectivity index (χ2v) is 6.49. The average molecular weight is 275 g/mol. The van der Waals surface area contributed by atoms with Gasteiger partial charge in [-0.05, 0) is 36.3 Å². The summed E-state index contributed by atoms with van der Waals surface area (Å²) in [5.41, 5.74) is 0.106. The molecular weight excluding hydrogens is 259 g/mol. The molecule has 0 aliphatic carbocycles. The molecule has 0 bridgehead atoms. The quantitative estimate of drug-likeness (QED) is 0.888. The molecule has 0 radical (unpaired) electrons. The number of hydrogen-bond acceptors (Lipinski definition) is 2. The minimum atomic E-state index is -0.718. The van der Waals surface area contributed by atoms with Crippen molar-refractivity contribution >= 4 is 23.4 Å². The molecule has 1 aliphatic rings. The van der Waals surface area contributed by atoms with Crippen LogP contribution in [-0.4, -0.2) is 21.7 Å². The third kappa shape index (κ3) is 2.95. The molecule has 1 aromatic rings. The van der Waals surface area contributed by atoms with Crippen molar-refractivity contribution < 1.29 is 9.50 Å². The van der Waals surface area contributed by atoms with E-state index in [2.05, 4.69) is 0 Å². The second kappa shape index (κ2) is 5.17. The van der Waals surface area contributed by atoms with Crippen LogP contribution in [0.2, 0.25) is 5.02 Å². The van der Waals surface area contributed by atoms with Gasteiger partial charge >= 0.3 is 0 Å². The molecule has 1 aromatic carbocycles. The number of thioether (sulfide) groups is 1. The third-order valence-corrected chi connectivity index (χ3v) is 5.21. The minimum absolute atomic E-state index is 0.192. The smallest absolute Gasteiger partial charge is 0.124 e. The van der Waals surface area contributed by atoms with E-state index in [9.17, 15) is 9.50 Å².